The van der Waals surface area contributed by atoms with Gasteiger partial charge in [-0.05, 0) is 38.8 Å². The highest BCUT2D eigenvalue weighted by molar-refractivity contribution is 5.96. The number of aryl methyl sites for hydroxylation is 1. The number of fused-ring (bicyclic) bond motifs is 3. The summed E-state index contributed by atoms with van der Waals surface area (Å²) in [6.07, 6.45) is 3.63. The molecule has 0 saturated heterocycles. The number of aliphatic hydroxyl groups excluding tert-OH is 5. The zero-order chi connectivity index (χ0) is 31.2. The van der Waals surface area contributed by atoms with E-state index in [4.69, 9.17) is 24.0 Å². The fraction of sp³-hybridized carbons (Fsp3) is 0.562. The second kappa shape index (κ2) is 12.4. The van der Waals surface area contributed by atoms with E-state index >= 15 is 0 Å². The molecule has 1 aliphatic carbocycles. The topological polar surface area (TPSA) is 175 Å². The van der Waals surface area contributed by atoms with E-state index in [-0.39, 0.29) is 11.3 Å². The highest BCUT2D eigenvalue weighted by Gasteiger charge is 2.50. The van der Waals surface area contributed by atoms with Crippen molar-refractivity contribution in [2.45, 2.75) is 88.5 Å². The molecule has 1 fully saturated rings. The lowest BCUT2D eigenvalue weighted by Crippen LogP contribution is -2.56. The lowest BCUT2D eigenvalue weighted by atomic mass is 9.72. The van der Waals surface area contributed by atoms with Gasteiger partial charge >= 0.3 is 0 Å². The van der Waals surface area contributed by atoms with Crippen LogP contribution in [0, 0.1) is 12.8 Å². The minimum atomic E-state index is -1.78. The number of aliphatic hydroxyl groups is 5. The van der Waals surface area contributed by atoms with E-state index in [1.165, 1.54) is 6.07 Å². The summed E-state index contributed by atoms with van der Waals surface area (Å²) in [5.41, 5.74) is 2.71. The van der Waals surface area contributed by atoms with Crippen LogP contribution in [0.3, 0.4) is 0 Å². The van der Waals surface area contributed by atoms with Gasteiger partial charge < -0.3 is 39.6 Å². The normalized spacial score (nSPS) is 26.1. The van der Waals surface area contributed by atoms with E-state index in [1.807, 2.05) is 24.1 Å². The van der Waals surface area contributed by atoms with Crippen molar-refractivity contribution in [1.29, 1.82) is 0 Å². The molecular weight excluding hydrogens is 572 g/mol. The molecule has 6 atom stereocenters. The number of anilines is 1. The van der Waals surface area contributed by atoms with Crippen molar-refractivity contribution >= 4 is 22.9 Å². The largest absolute Gasteiger partial charge is 0.482 e. The molecule has 2 aromatic rings. The number of hydrogen-bond acceptors (Lipinski definition) is 12. The van der Waals surface area contributed by atoms with Crippen molar-refractivity contribution in [2.24, 2.45) is 10.9 Å². The molecule has 1 saturated carbocycles. The van der Waals surface area contributed by atoms with Crippen LogP contribution in [-0.2, 0) is 16.2 Å². The lowest BCUT2D eigenvalue weighted by Gasteiger charge is -2.48. The van der Waals surface area contributed by atoms with Gasteiger partial charge in [0.25, 0.3) is 0 Å². The standard InChI is InChI=1S/C32H40N2O10/c1-17-10-23(36)21-11-19-12-26(44-41-16-25(38)29(40)28(39)24(37)15-35)32(2,20-6-4-3-5-7-20)43-30(19)27(31(21)42-17)34-13-18-8-9-33-22(18)14-34/h8-11,14,20,24-26,28-29,35,37-40H,3-7,12-13,15-16H2,1-2H3/t24-,25+,26-,28-,29-,32-/m1/s1. The highest BCUT2D eigenvalue weighted by Crippen LogP contribution is 2.51. The van der Waals surface area contributed by atoms with Crippen LogP contribution in [0.25, 0.3) is 11.0 Å². The van der Waals surface area contributed by atoms with Gasteiger partial charge in [-0.15, -0.1) is 0 Å². The fourth-order valence-electron chi connectivity index (χ4n) is 6.79. The van der Waals surface area contributed by atoms with Gasteiger partial charge in [-0.1, -0.05) is 19.3 Å². The van der Waals surface area contributed by atoms with Gasteiger partial charge in [-0.2, -0.15) is 0 Å². The third-order valence-electron chi connectivity index (χ3n) is 9.40. The first-order valence-corrected chi connectivity index (χ1v) is 15.2. The van der Waals surface area contributed by atoms with Gasteiger partial charge in [0.05, 0.1) is 24.2 Å². The molecule has 1 aromatic carbocycles. The fourth-order valence-corrected chi connectivity index (χ4v) is 6.79. The number of aliphatic imine (C=N–C) groups is 1. The summed E-state index contributed by atoms with van der Waals surface area (Å²) in [6, 6.07) is 3.24. The molecule has 12 nitrogen and oxygen atoms in total. The van der Waals surface area contributed by atoms with Crippen LogP contribution in [0.4, 0.5) is 5.69 Å². The first kappa shape index (κ1) is 30.9. The number of hydrogen-bond donors (Lipinski definition) is 5. The van der Waals surface area contributed by atoms with Crippen molar-refractivity contribution in [3.63, 3.8) is 0 Å². The quantitative estimate of drug-likeness (QED) is 0.195. The lowest BCUT2D eigenvalue weighted by molar-refractivity contribution is -0.364. The highest BCUT2D eigenvalue weighted by atomic mass is 17.2. The molecule has 4 aliphatic rings. The summed E-state index contributed by atoms with van der Waals surface area (Å²) in [6.45, 7) is 2.99. The van der Waals surface area contributed by atoms with Crippen molar-refractivity contribution in [1.82, 2.24) is 0 Å². The SMILES string of the molecule is Cc1cc(=O)c2cc3c(c(N4C=C5N=CC=C5C4)c2o1)O[C@](C)(C1CCCCC1)[C@H](OOC[C@H](O)[C@@H](O)[C@H](O)[C@H](O)CO)C3. The van der Waals surface area contributed by atoms with E-state index in [1.54, 1.807) is 19.2 Å². The summed E-state index contributed by atoms with van der Waals surface area (Å²) < 4.78 is 13.2. The van der Waals surface area contributed by atoms with Crippen LogP contribution in [0.15, 0.2) is 49.9 Å². The minimum absolute atomic E-state index is 0.117. The molecule has 238 valence electrons. The Labute approximate surface area is 254 Å². The number of ether oxygens (including phenoxy) is 1. The first-order chi connectivity index (χ1) is 21.1. The van der Waals surface area contributed by atoms with E-state index < -0.39 is 49.3 Å². The Hall–Kier alpha value is -3.10. The van der Waals surface area contributed by atoms with Gasteiger partial charge in [0.2, 0.25) is 0 Å². The monoisotopic (exact) mass is 612 g/mol. The van der Waals surface area contributed by atoms with E-state index in [9.17, 15) is 25.2 Å². The molecular formula is C32H40N2O10. The first-order valence-electron chi connectivity index (χ1n) is 15.2. The van der Waals surface area contributed by atoms with E-state index in [2.05, 4.69) is 4.99 Å². The van der Waals surface area contributed by atoms with E-state index in [0.29, 0.717) is 41.1 Å². The molecule has 1 aromatic heterocycles. The molecule has 0 unspecified atom stereocenters. The Balaban J connectivity index is 1.35. The summed E-state index contributed by atoms with van der Waals surface area (Å²) in [4.78, 5) is 31.1. The van der Waals surface area contributed by atoms with Gasteiger partial charge in [0.15, 0.2) is 16.8 Å². The Morgan fingerprint density at radius 1 is 1.11 bits per heavy atom. The molecule has 0 amide bonds. The Kier molecular flexibility index (Phi) is 8.68. The number of nitrogens with zero attached hydrogens (tertiary/aromatic N) is 2. The summed E-state index contributed by atoms with van der Waals surface area (Å²) in [7, 11) is 0. The average molecular weight is 613 g/mol. The van der Waals surface area contributed by atoms with E-state index in [0.717, 1.165) is 48.9 Å². The Bertz CT molecular complexity index is 1540. The second-order valence-corrected chi connectivity index (χ2v) is 12.4. The number of allylic oxidation sites excluding steroid dienone is 1. The summed E-state index contributed by atoms with van der Waals surface area (Å²) in [5.74, 6) is 1.22. The number of benzene rings is 1. The van der Waals surface area contributed by atoms with Crippen molar-refractivity contribution in [2.75, 3.05) is 24.7 Å². The van der Waals surface area contributed by atoms with Gasteiger partial charge in [0.1, 0.15) is 54.2 Å². The second-order valence-electron chi connectivity index (χ2n) is 12.4. The Morgan fingerprint density at radius 2 is 1.86 bits per heavy atom. The predicted molar refractivity (Wildman–Crippen MR) is 160 cm³/mol. The van der Waals surface area contributed by atoms with Crippen molar-refractivity contribution < 1.29 is 44.5 Å². The van der Waals surface area contributed by atoms with Gasteiger partial charge in [-0.3, -0.25) is 9.79 Å². The van der Waals surface area contributed by atoms with Crippen LogP contribution in [0.2, 0.25) is 0 Å². The van der Waals surface area contributed by atoms with Gasteiger partial charge in [0, 0.05) is 42.0 Å². The molecule has 12 heteroatoms. The molecule has 0 bridgehead atoms. The van der Waals surface area contributed by atoms with Crippen LogP contribution >= 0.6 is 0 Å². The molecule has 5 N–H and O–H groups in total. The van der Waals surface area contributed by atoms with Crippen LogP contribution in [0.5, 0.6) is 5.75 Å². The van der Waals surface area contributed by atoms with Crippen LogP contribution in [-0.4, -0.2) is 87.6 Å². The average Bonchev–Trinajstić information content (AvgIpc) is 3.62. The molecule has 4 heterocycles. The maximum Gasteiger partial charge on any atom is 0.193 e. The maximum atomic E-state index is 13.2. The third-order valence-corrected chi connectivity index (χ3v) is 9.40. The molecule has 0 spiro atoms. The van der Waals surface area contributed by atoms with Crippen molar-refractivity contribution in [3.05, 3.63) is 57.2 Å². The molecule has 0 radical (unpaired) electrons. The third kappa shape index (κ3) is 5.60. The predicted octanol–water partition coefficient (Wildman–Crippen LogP) is 1.80. The molecule has 3 aliphatic heterocycles. The maximum absolute atomic E-state index is 13.2. The Morgan fingerprint density at radius 3 is 2.59 bits per heavy atom. The molecule has 6 rings (SSSR count). The summed E-state index contributed by atoms with van der Waals surface area (Å²) >= 11 is 0. The van der Waals surface area contributed by atoms with Crippen molar-refractivity contribution in [3.8, 4) is 5.75 Å². The smallest absolute Gasteiger partial charge is 0.193 e. The summed E-state index contributed by atoms with van der Waals surface area (Å²) in [5, 5.41) is 49.7. The van der Waals surface area contributed by atoms with Crippen LogP contribution < -0.4 is 15.1 Å². The van der Waals surface area contributed by atoms with Gasteiger partial charge in [-0.25, -0.2) is 9.78 Å². The number of rotatable bonds is 10. The zero-order valence-electron chi connectivity index (χ0n) is 24.9. The zero-order valence-corrected chi connectivity index (χ0v) is 24.9. The molecule has 44 heavy (non-hydrogen) atoms. The van der Waals surface area contributed by atoms with Crippen LogP contribution in [0.1, 0.15) is 50.4 Å². The minimum Gasteiger partial charge on any atom is -0.482 e.